The maximum Gasteiger partial charge on any atom is 0.258 e. The summed E-state index contributed by atoms with van der Waals surface area (Å²) in [6.45, 7) is 7.99. The first-order valence-corrected chi connectivity index (χ1v) is 11.9. The van der Waals surface area contributed by atoms with Gasteiger partial charge < -0.3 is 10.1 Å². The summed E-state index contributed by atoms with van der Waals surface area (Å²) in [5.74, 6) is 0.564. The first-order chi connectivity index (χ1) is 13.2. The summed E-state index contributed by atoms with van der Waals surface area (Å²) in [4.78, 5) is 14.8. The molecule has 1 N–H and O–H groups in total. The minimum absolute atomic E-state index is 0.0124. The van der Waals surface area contributed by atoms with E-state index in [1.54, 1.807) is 0 Å². The van der Waals surface area contributed by atoms with Crippen molar-refractivity contribution in [2.24, 2.45) is 0 Å². The molecule has 0 spiro atoms. The highest BCUT2D eigenvalue weighted by Crippen LogP contribution is 2.31. The first-order valence-electron chi connectivity index (χ1n) is 10.1. The van der Waals surface area contributed by atoms with Gasteiger partial charge in [0.25, 0.3) is 5.91 Å². The largest absolute Gasteiger partial charge is 0.483 e. The highest BCUT2D eigenvalue weighted by atomic mass is 32.2. The average Bonchev–Trinajstić information content (AvgIpc) is 2.94. The molecule has 28 heavy (non-hydrogen) atoms. The van der Waals surface area contributed by atoms with Crippen LogP contribution in [0.3, 0.4) is 0 Å². The molecule has 6 nitrogen and oxygen atoms in total. The van der Waals surface area contributed by atoms with Crippen LogP contribution in [0.1, 0.15) is 45.6 Å². The van der Waals surface area contributed by atoms with E-state index < -0.39 is 9.84 Å². The molecule has 2 unspecified atom stereocenters. The predicted octanol–water partition coefficient (Wildman–Crippen LogP) is 2.13. The van der Waals surface area contributed by atoms with E-state index in [1.807, 2.05) is 24.3 Å². The van der Waals surface area contributed by atoms with Gasteiger partial charge in [0, 0.05) is 6.04 Å². The monoisotopic (exact) mass is 408 g/mol. The molecule has 156 valence electrons. The van der Waals surface area contributed by atoms with Gasteiger partial charge in [-0.25, -0.2) is 8.42 Å². The van der Waals surface area contributed by atoms with Crippen molar-refractivity contribution in [2.75, 3.05) is 31.2 Å². The van der Waals surface area contributed by atoms with Crippen molar-refractivity contribution in [3.05, 3.63) is 29.8 Å². The SMILES string of the molecule is CC(C)(C)c1ccccc1OCC(=O)NC1CS(=O)(=O)CC1N1CCCCC1. The van der Waals surface area contributed by atoms with Gasteiger partial charge in [-0.1, -0.05) is 45.4 Å². The van der Waals surface area contributed by atoms with Gasteiger partial charge in [-0.05, 0) is 43.0 Å². The van der Waals surface area contributed by atoms with Gasteiger partial charge in [-0.15, -0.1) is 0 Å². The standard InChI is InChI=1S/C21H32N2O4S/c1-21(2,3)16-9-5-6-10-19(16)27-13-20(24)22-17-14-28(25,26)15-18(17)23-11-7-4-8-12-23/h5-6,9-10,17-18H,4,7-8,11-15H2,1-3H3,(H,22,24). The van der Waals surface area contributed by atoms with E-state index in [4.69, 9.17) is 4.74 Å². The van der Waals surface area contributed by atoms with Crippen molar-refractivity contribution in [2.45, 2.75) is 57.5 Å². The summed E-state index contributed by atoms with van der Waals surface area (Å²) >= 11 is 0. The maximum atomic E-state index is 12.5. The van der Waals surface area contributed by atoms with Crippen molar-refractivity contribution in [3.63, 3.8) is 0 Å². The summed E-state index contributed by atoms with van der Waals surface area (Å²) in [5, 5.41) is 2.93. The second-order valence-corrected chi connectivity index (χ2v) is 11.1. The summed E-state index contributed by atoms with van der Waals surface area (Å²) in [7, 11) is -3.13. The van der Waals surface area contributed by atoms with E-state index in [2.05, 4.69) is 31.0 Å². The number of carbonyl (C=O) groups excluding carboxylic acids is 1. The number of nitrogens with zero attached hydrogens (tertiary/aromatic N) is 1. The molecule has 0 saturated carbocycles. The summed E-state index contributed by atoms with van der Waals surface area (Å²) < 4.78 is 30.2. The number of hydrogen-bond donors (Lipinski definition) is 1. The Morgan fingerprint density at radius 1 is 1.14 bits per heavy atom. The Labute approximate surface area is 168 Å². The fourth-order valence-electron chi connectivity index (χ4n) is 4.18. The molecule has 7 heteroatoms. The second kappa shape index (κ2) is 8.41. The first kappa shape index (κ1) is 21.1. The topological polar surface area (TPSA) is 75.7 Å². The van der Waals surface area contributed by atoms with Gasteiger partial charge in [0.1, 0.15) is 5.75 Å². The van der Waals surface area contributed by atoms with Crippen molar-refractivity contribution in [1.29, 1.82) is 0 Å². The van der Waals surface area contributed by atoms with Crippen molar-refractivity contribution < 1.29 is 17.9 Å². The van der Waals surface area contributed by atoms with Gasteiger partial charge in [0.05, 0.1) is 17.5 Å². The zero-order valence-electron chi connectivity index (χ0n) is 17.1. The molecular weight excluding hydrogens is 376 g/mol. The lowest BCUT2D eigenvalue weighted by Gasteiger charge is -2.35. The highest BCUT2D eigenvalue weighted by molar-refractivity contribution is 7.91. The number of ether oxygens (including phenoxy) is 1. The van der Waals surface area contributed by atoms with E-state index in [1.165, 1.54) is 6.42 Å². The zero-order chi connectivity index (χ0) is 20.4. The molecule has 2 heterocycles. The van der Waals surface area contributed by atoms with E-state index >= 15 is 0 Å². The number of nitrogens with one attached hydrogen (secondary N) is 1. The summed E-state index contributed by atoms with van der Waals surface area (Å²) in [6.07, 6.45) is 3.36. The fraction of sp³-hybridized carbons (Fsp3) is 0.667. The van der Waals surface area contributed by atoms with Crippen LogP contribution in [0.15, 0.2) is 24.3 Å². The third-order valence-corrected chi connectivity index (χ3v) is 7.30. The number of hydrogen-bond acceptors (Lipinski definition) is 5. The Balaban J connectivity index is 1.62. The molecule has 0 bridgehead atoms. The Morgan fingerprint density at radius 2 is 1.82 bits per heavy atom. The summed E-state index contributed by atoms with van der Waals surface area (Å²) in [5.41, 5.74) is 0.948. The van der Waals surface area contributed by atoms with E-state index in [9.17, 15) is 13.2 Å². The molecule has 2 aliphatic rings. The molecule has 0 radical (unpaired) electrons. The molecule has 3 rings (SSSR count). The van der Waals surface area contributed by atoms with Crippen LogP contribution in [0.5, 0.6) is 5.75 Å². The fourth-order valence-corrected chi connectivity index (χ4v) is 6.13. The van der Waals surface area contributed by atoms with Crippen LogP contribution in [0.25, 0.3) is 0 Å². The lowest BCUT2D eigenvalue weighted by atomic mass is 9.86. The van der Waals surface area contributed by atoms with Gasteiger partial charge in [-0.2, -0.15) is 0 Å². The van der Waals surface area contributed by atoms with E-state index in [0.29, 0.717) is 5.75 Å². The van der Waals surface area contributed by atoms with Gasteiger partial charge in [0.2, 0.25) is 0 Å². The Bertz CT molecular complexity index is 795. The molecule has 0 aliphatic carbocycles. The minimum atomic E-state index is -3.13. The van der Waals surface area contributed by atoms with Crippen LogP contribution in [0.2, 0.25) is 0 Å². The quantitative estimate of drug-likeness (QED) is 0.808. The molecule has 1 amide bonds. The average molecular weight is 409 g/mol. The Morgan fingerprint density at radius 3 is 2.50 bits per heavy atom. The number of para-hydroxylation sites is 1. The van der Waals surface area contributed by atoms with Gasteiger partial charge in [0.15, 0.2) is 16.4 Å². The van der Waals surface area contributed by atoms with Crippen molar-refractivity contribution in [1.82, 2.24) is 10.2 Å². The zero-order valence-corrected chi connectivity index (χ0v) is 17.9. The second-order valence-electron chi connectivity index (χ2n) is 8.95. The van der Waals surface area contributed by atoms with Gasteiger partial charge in [-0.3, -0.25) is 9.69 Å². The number of rotatable bonds is 5. The molecule has 2 saturated heterocycles. The molecule has 2 atom stereocenters. The maximum absolute atomic E-state index is 12.5. The Hall–Kier alpha value is -1.60. The number of benzene rings is 1. The molecule has 1 aromatic carbocycles. The van der Waals surface area contributed by atoms with Crippen LogP contribution < -0.4 is 10.1 Å². The molecule has 2 aliphatic heterocycles. The normalized spacial score (nSPS) is 25.4. The third kappa shape index (κ3) is 5.26. The lowest BCUT2D eigenvalue weighted by molar-refractivity contribution is -0.124. The van der Waals surface area contributed by atoms with Crippen LogP contribution in [0.4, 0.5) is 0 Å². The number of amides is 1. The Kier molecular flexibility index (Phi) is 6.34. The number of carbonyl (C=O) groups is 1. The molecular formula is C21H32N2O4S. The third-order valence-electron chi connectivity index (χ3n) is 5.58. The smallest absolute Gasteiger partial charge is 0.258 e. The number of piperidine rings is 1. The summed E-state index contributed by atoms with van der Waals surface area (Å²) in [6, 6.07) is 7.22. The predicted molar refractivity (Wildman–Crippen MR) is 110 cm³/mol. The van der Waals surface area contributed by atoms with E-state index in [-0.39, 0.29) is 41.5 Å². The minimum Gasteiger partial charge on any atom is -0.483 e. The van der Waals surface area contributed by atoms with Crippen molar-refractivity contribution >= 4 is 15.7 Å². The van der Waals surface area contributed by atoms with Crippen LogP contribution >= 0.6 is 0 Å². The van der Waals surface area contributed by atoms with Crippen LogP contribution in [-0.4, -0.2) is 62.5 Å². The number of sulfone groups is 1. The number of likely N-dealkylation sites (tertiary alicyclic amines) is 1. The van der Waals surface area contributed by atoms with Crippen LogP contribution in [-0.2, 0) is 20.0 Å². The molecule has 2 fully saturated rings. The van der Waals surface area contributed by atoms with Crippen molar-refractivity contribution in [3.8, 4) is 5.75 Å². The lowest BCUT2D eigenvalue weighted by Crippen LogP contribution is -2.53. The van der Waals surface area contributed by atoms with E-state index in [0.717, 1.165) is 31.5 Å². The molecule has 0 aromatic heterocycles. The molecule has 1 aromatic rings. The van der Waals surface area contributed by atoms with Crippen LogP contribution in [0, 0.1) is 0 Å². The highest BCUT2D eigenvalue weighted by Gasteiger charge is 2.41. The van der Waals surface area contributed by atoms with Gasteiger partial charge >= 0.3 is 0 Å².